The fraction of sp³-hybridized carbons (Fsp3) is 0.846. The molecule has 0 saturated heterocycles. The van der Waals surface area contributed by atoms with Crippen LogP contribution >= 0.6 is 11.3 Å². The van der Waals surface area contributed by atoms with E-state index in [-0.39, 0.29) is 0 Å². The van der Waals surface area contributed by atoms with Gasteiger partial charge in [-0.2, -0.15) is 0 Å². The zero-order valence-electron chi connectivity index (χ0n) is 10.7. The molecule has 1 heterocycles. The van der Waals surface area contributed by atoms with Crippen LogP contribution in [0, 0.1) is 5.92 Å². The molecular formula is C13H23N3S. The van der Waals surface area contributed by atoms with Crippen LogP contribution in [0.3, 0.4) is 0 Å². The maximum absolute atomic E-state index is 4.34. The van der Waals surface area contributed by atoms with Crippen LogP contribution in [-0.4, -0.2) is 23.8 Å². The molecule has 0 unspecified atom stereocenters. The van der Waals surface area contributed by atoms with Gasteiger partial charge in [0.2, 0.25) is 0 Å². The van der Waals surface area contributed by atoms with Crippen molar-refractivity contribution in [2.24, 2.45) is 5.92 Å². The maximum Gasteiger partial charge on any atom is 0.117 e. The van der Waals surface area contributed by atoms with Gasteiger partial charge in [0, 0.05) is 12.8 Å². The summed E-state index contributed by atoms with van der Waals surface area (Å²) in [4.78, 5) is 0. The van der Waals surface area contributed by atoms with Crippen molar-refractivity contribution in [2.75, 3.05) is 13.6 Å². The molecule has 0 aromatic carbocycles. The van der Waals surface area contributed by atoms with Crippen LogP contribution in [0.15, 0.2) is 0 Å². The number of rotatable bonds is 6. The van der Waals surface area contributed by atoms with Gasteiger partial charge in [-0.1, -0.05) is 32.1 Å². The SMILES string of the molecule is CNCCCc1nnc(CC2CCCCC2)s1. The van der Waals surface area contributed by atoms with E-state index >= 15 is 0 Å². The van der Waals surface area contributed by atoms with E-state index in [1.807, 2.05) is 18.4 Å². The molecule has 3 nitrogen and oxygen atoms in total. The molecule has 1 N–H and O–H groups in total. The van der Waals surface area contributed by atoms with E-state index in [2.05, 4.69) is 15.5 Å². The Balaban J connectivity index is 1.76. The van der Waals surface area contributed by atoms with Gasteiger partial charge in [-0.15, -0.1) is 21.5 Å². The minimum atomic E-state index is 0.877. The second-order valence-electron chi connectivity index (χ2n) is 5.00. The van der Waals surface area contributed by atoms with Gasteiger partial charge < -0.3 is 5.32 Å². The van der Waals surface area contributed by atoms with Crippen LogP contribution in [-0.2, 0) is 12.8 Å². The predicted octanol–water partition coefficient (Wildman–Crippen LogP) is 2.81. The molecule has 1 fully saturated rings. The van der Waals surface area contributed by atoms with Crippen molar-refractivity contribution >= 4 is 11.3 Å². The van der Waals surface area contributed by atoms with Gasteiger partial charge in [0.05, 0.1) is 0 Å². The summed E-state index contributed by atoms with van der Waals surface area (Å²) in [5.74, 6) is 0.877. The van der Waals surface area contributed by atoms with E-state index in [9.17, 15) is 0 Å². The van der Waals surface area contributed by atoms with Gasteiger partial charge in [0.15, 0.2) is 0 Å². The van der Waals surface area contributed by atoms with Crippen LogP contribution < -0.4 is 5.32 Å². The van der Waals surface area contributed by atoms with Crippen molar-refractivity contribution in [1.82, 2.24) is 15.5 Å². The van der Waals surface area contributed by atoms with Crippen LogP contribution in [0.5, 0.6) is 0 Å². The lowest BCUT2D eigenvalue weighted by atomic mass is 9.87. The largest absolute Gasteiger partial charge is 0.320 e. The molecule has 1 aromatic rings. The first-order chi connectivity index (χ1) is 8.38. The Morgan fingerprint density at radius 1 is 1.18 bits per heavy atom. The summed E-state index contributed by atoms with van der Waals surface area (Å²) in [6.07, 6.45) is 10.5. The number of nitrogens with zero attached hydrogens (tertiary/aromatic N) is 2. The van der Waals surface area contributed by atoms with Crippen molar-refractivity contribution in [2.45, 2.75) is 51.4 Å². The lowest BCUT2D eigenvalue weighted by Crippen LogP contribution is -2.08. The number of hydrogen-bond acceptors (Lipinski definition) is 4. The number of aromatic nitrogens is 2. The van der Waals surface area contributed by atoms with Crippen molar-refractivity contribution in [3.8, 4) is 0 Å². The van der Waals surface area contributed by atoms with E-state index in [1.54, 1.807) is 0 Å². The Morgan fingerprint density at radius 3 is 2.71 bits per heavy atom. The van der Waals surface area contributed by atoms with Crippen molar-refractivity contribution in [3.63, 3.8) is 0 Å². The zero-order chi connectivity index (χ0) is 11.9. The van der Waals surface area contributed by atoms with Crippen molar-refractivity contribution < 1.29 is 0 Å². The molecular weight excluding hydrogens is 230 g/mol. The highest BCUT2D eigenvalue weighted by molar-refractivity contribution is 7.11. The first-order valence-corrected chi connectivity index (χ1v) is 7.66. The Labute approximate surface area is 108 Å². The van der Waals surface area contributed by atoms with Gasteiger partial charge in [-0.25, -0.2) is 0 Å². The van der Waals surface area contributed by atoms with E-state index in [4.69, 9.17) is 0 Å². The average Bonchev–Trinajstić information content (AvgIpc) is 2.79. The molecule has 2 rings (SSSR count). The van der Waals surface area contributed by atoms with Gasteiger partial charge >= 0.3 is 0 Å². The standard InChI is InChI=1S/C13H23N3S/c1-14-9-5-8-12-15-16-13(17-12)10-11-6-3-2-4-7-11/h11,14H,2-10H2,1H3. The monoisotopic (exact) mass is 253 g/mol. The Morgan fingerprint density at radius 2 is 1.94 bits per heavy atom. The third-order valence-electron chi connectivity index (χ3n) is 3.51. The molecule has 0 atom stereocenters. The summed E-state index contributed by atoms with van der Waals surface area (Å²) < 4.78 is 0. The minimum absolute atomic E-state index is 0.877. The average molecular weight is 253 g/mol. The summed E-state index contributed by atoms with van der Waals surface area (Å²) in [6.45, 7) is 1.07. The van der Waals surface area contributed by atoms with Crippen LogP contribution in [0.1, 0.15) is 48.5 Å². The first kappa shape index (κ1) is 13.0. The van der Waals surface area contributed by atoms with E-state index < -0.39 is 0 Å². The first-order valence-electron chi connectivity index (χ1n) is 6.84. The smallest absolute Gasteiger partial charge is 0.117 e. The Bertz CT molecular complexity index is 318. The third kappa shape index (κ3) is 4.36. The van der Waals surface area contributed by atoms with Crippen LogP contribution in [0.25, 0.3) is 0 Å². The fourth-order valence-electron chi connectivity index (χ4n) is 2.53. The second kappa shape index (κ2) is 7.07. The fourth-order valence-corrected chi connectivity index (χ4v) is 3.53. The topological polar surface area (TPSA) is 37.8 Å². The normalized spacial score (nSPS) is 17.5. The molecule has 1 aromatic heterocycles. The molecule has 96 valence electrons. The summed E-state index contributed by atoms with van der Waals surface area (Å²) >= 11 is 1.83. The van der Waals surface area contributed by atoms with Gasteiger partial charge in [-0.05, 0) is 25.9 Å². The highest BCUT2D eigenvalue weighted by Gasteiger charge is 2.16. The summed E-state index contributed by atoms with van der Waals surface area (Å²) in [5, 5.41) is 14.3. The summed E-state index contributed by atoms with van der Waals surface area (Å²) in [5.41, 5.74) is 0. The summed E-state index contributed by atoms with van der Waals surface area (Å²) in [7, 11) is 1.99. The number of nitrogens with one attached hydrogen (secondary N) is 1. The van der Waals surface area contributed by atoms with E-state index in [0.29, 0.717) is 0 Å². The molecule has 17 heavy (non-hydrogen) atoms. The van der Waals surface area contributed by atoms with Crippen LogP contribution in [0.4, 0.5) is 0 Å². The molecule has 4 heteroatoms. The quantitative estimate of drug-likeness (QED) is 0.792. The van der Waals surface area contributed by atoms with Gasteiger partial charge in [0.1, 0.15) is 10.0 Å². The molecule has 0 spiro atoms. The lowest BCUT2D eigenvalue weighted by molar-refractivity contribution is 0.356. The van der Waals surface area contributed by atoms with E-state index in [1.165, 1.54) is 48.5 Å². The zero-order valence-corrected chi connectivity index (χ0v) is 11.6. The van der Waals surface area contributed by atoms with Crippen molar-refractivity contribution in [3.05, 3.63) is 10.0 Å². The maximum atomic E-state index is 4.34. The summed E-state index contributed by atoms with van der Waals surface area (Å²) in [6, 6.07) is 0. The van der Waals surface area contributed by atoms with E-state index in [0.717, 1.165) is 25.3 Å². The highest BCUT2D eigenvalue weighted by Crippen LogP contribution is 2.27. The highest BCUT2D eigenvalue weighted by atomic mass is 32.1. The molecule has 0 amide bonds. The lowest BCUT2D eigenvalue weighted by Gasteiger charge is -2.19. The molecule has 1 aliphatic rings. The molecule has 0 bridgehead atoms. The van der Waals surface area contributed by atoms with Crippen molar-refractivity contribution in [1.29, 1.82) is 0 Å². The third-order valence-corrected chi connectivity index (χ3v) is 4.52. The molecule has 0 aliphatic heterocycles. The van der Waals surface area contributed by atoms with Gasteiger partial charge in [0.25, 0.3) is 0 Å². The minimum Gasteiger partial charge on any atom is -0.320 e. The Hall–Kier alpha value is -0.480. The molecule has 1 saturated carbocycles. The molecule has 0 radical (unpaired) electrons. The number of aryl methyl sites for hydroxylation is 1. The second-order valence-corrected chi connectivity index (χ2v) is 6.15. The Kier molecular flexibility index (Phi) is 5.39. The number of hydrogen-bond donors (Lipinski definition) is 1. The molecule has 1 aliphatic carbocycles. The van der Waals surface area contributed by atoms with Gasteiger partial charge in [-0.3, -0.25) is 0 Å². The van der Waals surface area contributed by atoms with Crippen LogP contribution in [0.2, 0.25) is 0 Å². The predicted molar refractivity (Wildman–Crippen MR) is 72.4 cm³/mol.